The number of aliphatic hydroxyl groups excluding tert-OH is 1. The molecule has 0 aromatic carbocycles. The first-order valence-electron chi connectivity index (χ1n) is 8.62. The lowest BCUT2D eigenvalue weighted by Crippen LogP contribution is -2.51. The highest BCUT2D eigenvalue weighted by atomic mass is 16.3. The monoisotopic (exact) mass is 321 g/mol. The van der Waals surface area contributed by atoms with Crippen molar-refractivity contribution in [3.63, 3.8) is 0 Å². The molecule has 7 nitrogen and oxygen atoms in total. The molecule has 0 radical (unpaired) electrons. The molecule has 1 atom stereocenters. The third kappa shape index (κ3) is 4.10. The first-order chi connectivity index (χ1) is 11.3. The highest BCUT2D eigenvalue weighted by molar-refractivity contribution is 5.78. The maximum absolute atomic E-state index is 12.8. The highest BCUT2D eigenvalue weighted by Gasteiger charge is 2.30. The van der Waals surface area contributed by atoms with Crippen molar-refractivity contribution in [1.29, 1.82) is 0 Å². The van der Waals surface area contributed by atoms with Crippen LogP contribution in [0.25, 0.3) is 0 Å². The molecular formula is C16H27N5O2. The van der Waals surface area contributed by atoms with Crippen molar-refractivity contribution in [2.24, 2.45) is 0 Å². The Hall–Kier alpha value is -1.44. The van der Waals surface area contributed by atoms with Crippen LogP contribution in [0.2, 0.25) is 0 Å². The maximum Gasteiger partial charge on any atom is 0.237 e. The molecule has 23 heavy (non-hydrogen) atoms. The summed E-state index contributed by atoms with van der Waals surface area (Å²) >= 11 is 0. The number of hydrogen-bond acceptors (Lipinski definition) is 5. The van der Waals surface area contributed by atoms with E-state index in [0.717, 1.165) is 64.2 Å². The number of carbonyl (C=O) groups excluding carboxylic acids is 1. The number of β-amino-alcohol motifs (C(OH)–C–C–N with tert-alkyl or cyclic N) is 1. The van der Waals surface area contributed by atoms with E-state index in [2.05, 4.69) is 20.0 Å². The topological polar surface area (TPSA) is 75.7 Å². The van der Waals surface area contributed by atoms with E-state index in [1.807, 2.05) is 11.0 Å². The van der Waals surface area contributed by atoms with Crippen molar-refractivity contribution in [1.82, 2.24) is 24.9 Å². The molecule has 1 aromatic heterocycles. The van der Waals surface area contributed by atoms with Crippen LogP contribution in [0.4, 0.5) is 0 Å². The highest BCUT2D eigenvalue weighted by Crippen LogP contribution is 2.29. The Labute approximate surface area is 137 Å². The Morgan fingerprint density at radius 3 is 2.70 bits per heavy atom. The predicted molar refractivity (Wildman–Crippen MR) is 86.9 cm³/mol. The fraction of sp³-hybridized carbons (Fsp3) is 0.750. The molecular weight excluding hydrogens is 294 g/mol. The van der Waals surface area contributed by atoms with Crippen LogP contribution in [0, 0.1) is 0 Å². The number of piperidine rings is 1. The van der Waals surface area contributed by atoms with Gasteiger partial charge >= 0.3 is 0 Å². The van der Waals surface area contributed by atoms with Crippen molar-refractivity contribution >= 4 is 5.91 Å². The molecule has 1 aromatic rings. The van der Waals surface area contributed by atoms with Crippen molar-refractivity contribution in [2.75, 3.05) is 52.4 Å². The van der Waals surface area contributed by atoms with Crippen LogP contribution in [0.3, 0.4) is 0 Å². The Balaban J connectivity index is 1.54. The van der Waals surface area contributed by atoms with E-state index < -0.39 is 0 Å². The third-order valence-electron chi connectivity index (χ3n) is 4.94. The molecule has 3 heterocycles. The molecule has 0 unspecified atom stereocenters. The van der Waals surface area contributed by atoms with Crippen LogP contribution in [-0.4, -0.2) is 88.3 Å². The van der Waals surface area contributed by atoms with Crippen molar-refractivity contribution < 1.29 is 9.90 Å². The Morgan fingerprint density at radius 2 is 2.00 bits per heavy atom. The molecule has 0 saturated carbocycles. The third-order valence-corrected chi connectivity index (χ3v) is 4.94. The van der Waals surface area contributed by atoms with Crippen LogP contribution < -0.4 is 0 Å². The second-order valence-electron chi connectivity index (χ2n) is 6.45. The lowest BCUT2D eigenvalue weighted by atomic mass is 9.99. The van der Waals surface area contributed by atoms with Crippen LogP contribution in [0.15, 0.2) is 12.3 Å². The summed E-state index contributed by atoms with van der Waals surface area (Å²) in [6, 6.07) is 2.12. The molecule has 1 amide bonds. The molecule has 0 bridgehead atoms. The average Bonchev–Trinajstić information content (AvgIpc) is 3.11. The van der Waals surface area contributed by atoms with Gasteiger partial charge in [-0.3, -0.25) is 19.7 Å². The fourth-order valence-electron chi connectivity index (χ4n) is 3.60. The zero-order chi connectivity index (χ0) is 16.1. The second kappa shape index (κ2) is 7.90. The lowest BCUT2D eigenvalue weighted by molar-refractivity contribution is -0.136. The van der Waals surface area contributed by atoms with Gasteiger partial charge in [-0.1, -0.05) is 0 Å². The SMILES string of the molecule is O=C(CN1CCN(CCO)CC1)N1CCCC[C@@H]1c1ccn[nH]1. The van der Waals surface area contributed by atoms with E-state index >= 15 is 0 Å². The number of nitrogens with zero attached hydrogens (tertiary/aromatic N) is 4. The van der Waals surface area contributed by atoms with Gasteiger partial charge in [0.25, 0.3) is 0 Å². The zero-order valence-corrected chi connectivity index (χ0v) is 13.7. The number of aliphatic hydroxyl groups is 1. The summed E-state index contributed by atoms with van der Waals surface area (Å²) in [6.45, 7) is 5.93. The molecule has 2 aliphatic heterocycles. The molecule has 2 fully saturated rings. The van der Waals surface area contributed by atoms with Gasteiger partial charge in [-0.25, -0.2) is 0 Å². The van der Waals surface area contributed by atoms with Gasteiger partial charge in [0.05, 0.1) is 24.9 Å². The number of likely N-dealkylation sites (tertiary alicyclic amines) is 1. The van der Waals surface area contributed by atoms with Gasteiger partial charge in [0.1, 0.15) is 0 Å². The predicted octanol–water partition coefficient (Wildman–Crippen LogP) is 0.0732. The van der Waals surface area contributed by atoms with E-state index in [-0.39, 0.29) is 18.6 Å². The van der Waals surface area contributed by atoms with Gasteiger partial charge in [-0.2, -0.15) is 5.10 Å². The Morgan fingerprint density at radius 1 is 1.22 bits per heavy atom. The molecule has 128 valence electrons. The van der Waals surface area contributed by atoms with Gasteiger partial charge in [0.2, 0.25) is 5.91 Å². The first kappa shape index (κ1) is 16.4. The maximum atomic E-state index is 12.8. The number of aromatic amines is 1. The minimum Gasteiger partial charge on any atom is -0.395 e. The molecule has 0 aliphatic carbocycles. The number of piperazine rings is 1. The van der Waals surface area contributed by atoms with E-state index in [1.54, 1.807) is 6.20 Å². The Kier molecular flexibility index (Phi) is 5.64. The number of H-pyrrole nitrogens is 1. The summed E-state index contributed by atoms with van der Waals surface area (Å²) in [5.41, 5.74) is 1.05. The van der Waals surface area contributed by atoms with Crippen LogP contribution in [-0.2, 0) is 4.79 Å². The normalized spacial score (nSPS) is 24.0. The van der Waals surface area contributed by atoms with Crippen LogP contribution in [0.1, 0.15) is 31.0 Å². The number of rotatable bonds is 5. The first-order valence-corrected chi connectivity index (χ1v) is 8.62. The summed E-state index contributed by atoms with van der Waals surface area (Å²) in [6.07, 6.45) is 5.01. The minimum atomic E-state index is 0.148. The number of carbonyl (C=O) groups is 1. The number of nitrogens with one attached hydrogen (secondary N) is 1. The molecule has 0 spiro atoms. The van der Waals surface area contributed by atoms with Crippen LogP contribution in [0.5, 0.6) is 0 Å². The van der Waals surface area contributed by atoms with Gasteiger partial charge in [0.15, 0.2) is 0 Å². The standard InChI is InChI=1S/C16H27N5O2/c22-12-11-19-7-9-20(10-8-19)13-16(23)21-6-2-1-3-15(21)14-4-5-17-18-14/h4-5,15,22H,1-3,6-13H2,(H,17,18)/t15-/m1/s1. The largest absolute Gasteiger partial charge is 0.395 e. The summed E-state index contributed by atoms with van der Waals surface area (Å²) < 4.78 is 0. The van der Waals surface area contributed by atoms with Gasteiger partial charge < -0.3 is 10.0 Å². The summed E-state index contributed by atoms with van der Waals surface area (Å²) in [5.74, 6) is 0.222. The summed E-state index contributed by atoms with van der Waals surface area (Å²) in [4.78, 5) is 19.3. The lowest BCUT2D eigenvalue weighted by Gasteiger charge is -2.38. The van der Waals surface area contributed by atoms with Gasteiger partial charge in [0, 0.05) is 45.5 Å². The minimum absolute atomic E-state index is 0.148. The molecule has 2 saturated heterocycles. The molecule has 2 aliphatic rings. The second-order valence-corrected chi connectivity index (χ2v) is 6.45. The average molecular weight is 321 g/mol. The van der Waals surface area contributed by atoms with E-state index in [9.17, 15) is 4.79 Å². The molecule has 2 N–H and O–H groups in total. The van der Waals surface area contributed by atoms with Crippen molar-refractivity contribution in [2.45, 2.75) is 25.3 Å². The quantitative estimate of drug-likeness (QED) is 0.803. The fourth-order valence-corrected chi connectivity index (χ4v) is 3.60. The summed E-state index contributed by atoms with van der Waals surface area (Å²) in [7, 11) is 0. The van der Waals surface area contributed by atoms with Gasteiger partial charge in [-0.05, 0) is 25.3 Å². The molecule has 3 rings (SSSR count). The number of amides is 1. The van der Waals surface area contributed by atoms with E-state index in [4.69, 9.17) is 5.11 Å². The van der Waals surface area contributed by atoms with E-state index in [1.165, 1.54) is 0 Å². The zero-order valence-electron chi connectivity index (χ0n) is 13.7. The number of hydrogen-bond donors (Lipinski definition) is 2. The van der Waals surface area contributed by atoms with Crippen molar-refractivity contribution in [3.05, 3.63) is 18.0 Å². The van der Waals surface area contributed by atoms with Crippen molar-refractivity contribution in [3.8, 4) is 0 Å². The smallest absolute Gasteiger partial charge is 0.237 e. The van der Waals surface area contributed by atoms with Gasteiger partial charge in [-0.15, -0.1) is 0 Å². The van der Waals surface area contributed by atoms with E-state index in [0.29, 0.717) is 6.54 Å². The summed E-state index contributed by atoms with van der Waals surface area (Å²) in [5, 5.41) is 16.1. The molecule has 7 heteroatoms. The Bertz CT molecular complexity index is 485. The van der Waals surface area contributed by atoms with Crippen LogP contribution >= 0.6 is 0 Å². The number of aromatic nitrogens is 2.